The van der Waals surface area contributed by atoms with Crippen molar-refractivity contribution in [3.8, 4) is 0 Å². The van der Waals surface area contributed by atoms with Crippen molar-refractivity contribution >= 4 is 0 Å². The lowest BCUT2D eigenvalue weighted by Crippen LogP contribution is -2.15. The highest BCUT2D eigenvalue weighted by atomic mass is 16.7. The number of benzene rings is 1. The van der Waals surface area contributed by atoms with Crippen molar-refractivity contribution in [1.82, 2.24) is 0 Å². The maximum absolute atomic E-state index is 5.60. The van der Waals surface area contributed by atoms with Gasteiger partial charge in [-0.2, -0.15) is 0 Å². The summed E-state index contributed by atoms with van der Waals surface area (Å²) in [6, 6.07) is 9.92. The Bertz CT molecular complexity index is 243. The van der Waals surface area contributed by atoms with Gasteiger partial charge in [0.25, 0.3) is 0 Å². The van der Waals surface area contributed by atoms with Crippen LogP contribution in [0.15, 0.2) is 30.3 Å². The molecule has 0 bridgehead atoms. The summed E-state index contributed by atoms with van der Waals surface area (Å²) in [4.78, 5) is 0. The summed E-state index contributed by atoms with van der Waals surface area (Å²) in [6.07, 6.45) is 0.699. The van der Waals surface area contributed by atoms with Gasteiger partial charge in [-0.05, 0) is 6.42 Å². The zero-order valence-corrected chi connectivity index (χ0v) is 9.19. The molecule has 2 N–H and O–H groups in total. The second kappa shape index (κ2) is 7.40. The highest BCUT2D eigenvalue weighted by Gasteiger charge is 2.10. The van der Waals surface area contributed by atoms with Crippen LogP contribution in [-0.2, 0) is 9.47 Å². The number of ether oxygens (including phenoxy) is 2. The summed E-state index contributed by atoms with van der Waals surface area (Å²) >= 11 is 0. The van der Waals surface area contributed by atoms with E-state index in [1.807, 2.05) is 30.3 Å². The molecule has 1 unspecified atom stereocenters. The van der Waals surface area contributed by atoms with Crippen molar-refractivity contribution in [2.75, 3.05) is 19.8 Å². The van der Waals surface area contributed by atoms with E-state index in [9.17, 15) is 0 Å². The minimum Gasteiger partial charge on any atom is -0.348 e. The van der Waals surface area contributed by atoms with E-state index in [1.165, 1.54) is 0 Å². The molecule has 0 amide bonds. The summed E-state index contributed by atoms with van der Waals surface area (Å²) in [7, 11) is 0. The number of hydrogen-bond acceptors (Lipinski definition) is 3. The van der Waals surface area contributed by atoms with Crippen LogP contribution in [0, 0.1) is 0 Å². The van der Waals surface area contributed by atoms with Gasteiger partial charge in [-0.1, -0.05) is 37.3 Å². The summed E-state index contributed by atoms with van der Waals surface area (Å²) < 4.78 is 11.1. The molecule has 0 heterocycles. The molecule has 0 radical (unpaired) electrons. The SMILES string of the molecule is CCCOC(OCCN)c1ccccc1. The van der Waals surface area contributed by atoms with E-state index < -0.39 is 0 Å². The normalized spacial score (nSPS) is 12.7. The van der Waals surface area contributed by atoms with Crippen LogP contribution in [0.2, 0.25) is 0 Å². The Labute approximate surface area is 91.2 Å². The molecule has 0 aromatic heterocycles. The first-order chi connectivity index (χ1) is 7.38. The lowest BCUT2D eigenvalue weighted by Gasteiger charge is -2.18. The predicted molar refractivity (Wildman–Crippen MR) is 60.4 cm³/mol. The van der Waals surface area contributed by atoms with Gasteiger partial charge < -0.3 is 15.2 Å². The van der Waals surface area contributed by atoms with Crippen LogP contribution < -0.4 is 5.73 Å². The lowest BCUT2D eigenvalue weighted by molar-refractivity contribution is -0.144. The van der Waals surface area contributed by atoms with Crippen molar-refractivity contribution in [2.24, 2.45) is 5.73 Å². The Morgan fingerprint density at radius 2 is 1.80 bits per heavy atom. The Balaban J connectivity index is 2.55. The van der Waals surface area contributed by atoms with Crippen molar-refractivity contribution < 1.29 is 9.47 Å². The van der Waals surface area contributed by atoms with Crippen molar-refractivity contribution in [3.05, 3.63) is 35.9 Å². The third-order valence-electron chi connectivity index (χ3n) is 1.93. The zero-order valence-electron chi connectivity index (χ0n) is 9.19. The molecular formula is C12H19NO2. The third-order valence-corrected chi connectivity index (χ3v) is 1.93. The Morgan fingerprint density at radius 3 is 2.40 bits per heavy atom. The van der Waals surface area contributed by atoms with Crippen molar-refractivity contribution in [3.63, 3.8) is 0 Å². The van der Waals surface area contributed by atoms with Gasteiger partial charge in [0.1, 0.15) is 0 Å². The minimum atomic E-state index is -0.283. The molecule has 0 fully saturated rings. The first kappa shape index (κ1) is 12.2. The Morgan fingerprint density at radius 1 is 1.13 bits per heavy atom. The molecule has 1 rings (SSSR count). The van der Waals surface area contributed by atoms with Crippen molar-refractivity contribution in [2.45, 2.75) is 19.6 Å². The standard InChI is InChI=1S/C12H19NO2/c1-2-9-14-12(15-10-8-13)11-6-4-3-5-7-11/h3-7,12H,2,8-10,13H2,1H3. The Kier molecular flexibility index (Phi) is 6.00. The van der Waals surface area contributed by atoms with E-state index in [2.05, 4.69) is 6.92 Å². The fourth-order valence-corrected chi connectivity index (χ4v) is 1.25. The number of hydrogen-bond donors (Lipinski definition) is 1. The predicted octanol–water partition coefficient (Wildman–Crippen LogP) is 2.09. The highest BCUT2D eigenvalue weighted by Crippen LogP contribution is 2.18. The van der Waals surface area contributed by atoms with E-state index in [1.54, 1.807) is 0 Å². The van der Waals surface area contributed by atoms with E-state index in [4.69, 9.17) is 15.2 Å². The minimum absolute atomic E-state index is 0.283. The van der Waals surface area contributed by atoms with E-state index >= 15 is 0 Å². The number of rotatable bonds is 7. The second-order valence-electron chi connectivity index (χ2n) is 3.27. The average Bonchev–Trinajstić information content (AvgIpc) is 2.30. The van der Waals surface area contributed by atoms with Gasteiger partial charge in [0.05, 0.1) is 6.61 Å². The largest absolute Gasteiger partial charge is 0.348 e. The van der Waals surface area contributed by atoms with Gasteiger partial charge >= 0.3 is 0 Å². The van der Waals surface area contributed by atoms with Crippen LogP contribution in [0.5, 0.6) is 0 Å². The van der Waals surface area contributed by atoms with Crippen LogP contribution in [0.1, 0.15) is 25.2 Å². The molecule has 1 aromatic carbocycles. The molecule has 0 saturated heterocycles. The molecule has 0 spiro atoms. The molecule has 84 valence electrons. The van der Waals surface area contributed by atoms with Gasteiger partial charge in [0, 0.05) is 18.7 Å². The van der Waals surface area contributed by atoms with Gasteiger partial charge in [-0.3, -0.25) is 0 Å². The molecule has 3 heteroatoms. The zero-order chi connectivity index (χ0) is 10.9. The molecule has 1 aromatic rings. The van der Waals surface area contributed by atoms with Gasteiger partial charge in [0.15, 0.2) is 6.29 Å². The summed E-state index contributed by atoms with van der Waals surface area (Å²) in [5, 5.41) is 0. The molecule has 1 atom stereocenters. The molecule has 0 saturated carbocycles. The third kappa shape index (κ3) is 4.42. The molecule has 0 aliphatic heterocycles. The van der Waals surface area contributed by atoms with E-state index in [0.29, 0.717) is 19.8 Å². The summed E-state index contributed by atoms with van der Waals surface area (Å²) in [6.45, 7) is 3.80. The van der Waals surface area contributed by atoms with Crippen molar-refractivity contribution in [1.29, 1.82) is 0 Å². The van der Waals surface area contributed by atoms with Crippen LogP contribution in [0.3, 0.4) is 0 Å². The van der Waals surface area contributed by atoms with Gasteiger partial charge in [-0.15, -0.1) is 0 Å². The van der Waals surface area contributed by atoms with Crippen LogP contribution in [0.4, 0.5) is 0 Å². The molecule has 3 nitrogen and oxygen atoms in total. The average molecular weight is 209 g/mol. The summed E-state index contributed by atoms with van der Waals surface area (Å²) in [5.74, 6) is 0. The quantitative estimate of drug-likeness (QED) is 0.699. The maximum atomic E-state index is 5.60. The second-order valence-corrected chi connectivity index (χ2v) is 3.27. The lowest BCUT2D eigenvalue weighted by atomic mass is 10.2. The Hall–Kier alpha value is -0.900. The fraction of sp³-hybridized carbons (Fsp3) is 0.500. The van der Waals surface area contributed by atoms with E-state index in [-0.39, 0.29) is 6.29 Å². The number of nitrogens with two attached hydrogens (primary N) is 1. The first-order valence-electron chi connectivity index (χ1n) is 5.36. The van der Waals surface area contributed by atoms with E-state index in [0.717, 1.165) is 12.0 Å². The first-order valence-corrected chi connectivity index (χ1v) is 5.36. The van der Waals surface area contributed by atoms with Gasteiger partial charge in [-0.25, -0.2) is 0 Å². The van der Waals surface area contributed by atoms with Crippen LogP contribution in [-0.4, -0.2) is 19.8 Å². The monoisotopic (exact) mass is 209 g/mol. The van der Waals surface area contributed by atoms with Crippen LogP contribution in [0.25, 0.3) is 0 Å². The van der Waals surface area contributed by atoms with Crippen LogP contribution >= 0.6 is 0 Å². The maximum Gasteiger partial charge on any atom is 0.183 e. The molecule has 0 aliphatic rings. The topological polar surface area (TPSA) is 44.5 Å². The summed E-state index contributed by atoms with van der Waals surface area (Å²) in [5.41, 5.74) is 6.44. The molecule has 15 heavy (non-hydrogen) atoms. The molecular weight excluding hydrogens is 190 g/mol. The molecule has 0 aliphatic carbocycles. The highest BCUT2D eigenvalue weighted by molar-refractivity contribution is 5.15. The van der Waals surface area contributed by atoms with Gasteiger partial charge in [0.2, 0.25) is 0 Å². The smallest absolute Gasteiger partial charge is 0.183 e. The fourth-order valence-electron chi connectivity index (χ4n) is 1.25.